The van der Waals surface area contributed by atoms with Crippen LogP contribution in [-0.4, -0.2) is 37.1 Å². The van der Waals surface area contributed by atoms with Gasteiger partial charge in [0.2, 0.25) is 5.95 Å². The van der Waals surface area contributed by atoms with E-state index in [9.17, 15) is 9.18 Å². The van der Waals surface area contributed by atoms with E-state index >= 15 is 0 Å². The van der Waals surface area contributed by atoms with Crippen molar-refractivity contribution in [3.8, 4) is 11.1 Å². The van der Waals surface area contributed by atoms with Gasteiger partial charge in [0.25, 0.3) is 0 Å². The van der Waals surface area contributed by atoms with E-state index in [0.717, 1.165) is 22.8 Å². The van der Waals surface area contributed by atoms with Gasteiger partial charge >= 0.3 is 5.97 Å². The van der Waals surface area contributed by atoms with Crippen LogP contribution in [0, 0.1) is 5.82 Å². The zero-order valence-corrected chi connectivity index (χ0v) is 18.6. The molecule has 0 radical (unpaired) electrons. The van der Waals surface area contributed by atoms with Crippen LogP contribution >= 0.6 is 11.6 Å². The number of aliphatic carboxylic acids is 1. The number of benzene rings is 2. The quantitative estimate of drug-likeness (QED) is 0.288. The van der Waals surface area contributed by atoms with Crippen LogP contribution in [-0.2, 0) is 11.3 Å². The van der Waals surface area contributed by atoms with Crippen LogP contribution < -0.4 is 10.6 Å². The predicted octanol–water partition coefficient (Wildman–Crippen LogP) is 5.09. The average molecular weight is 479 g/mol. The number of carboxylic acid groups (broad SMARTS) is 1. The molecule has 0 atom stereocenters. The molecule has 2 aromatic carbocycles. The van der Waals surface area contributed by atoms with Crippen molar-refractivity contribution >= 4 is 41.1 Å². The van der Waals surface area contributed by atoms with Crippen LogP contribution in [0.3, 0.4) is 0 Å². The number of rotatable bonds is 9. The van der Waals surface area contributed by atoms with Crippen LogP contribution in [0.15, 0.2) is 73.5 Å². The Labute approximate surface area is 199 Å². The number of nitrogens with one attached hydrogen (secondary N) is 2. The summed E-state index contributed by atoms with van der Waals surface area (Å²) in [5, 5.41) is 15.3. The topological polar surface area (TPSA) is 105 Å². The molecule has 0 unspecified atom stereocenters. The van der Waals surface area contributed by atoms with E-state index in [1.807, 2.05) is 35.0 Å². The maximum atomic E-state index is 13.5. The molecular formula is C24H20ClFN6O2. The highest BCUT2D eigenvalue weighted by molar-refractivity contribution is 6.31. The first-order chi connectivity index (χ1) is 16.5. The van der Waals surface area contributed by atoms with Gasteiger partial charge < -0.3 is 20.3 Å². The number of nitrogens with zero attached hydrogens (tertiary/aromatic N) is 4. The van der Waals surface area contributed by atoms with Crippen molar-refractivity contribution in [2.45, 2.75) is 6.54 Å². The van der Waals surface area contributed by atoms with Gasteiger partial charge in [0.15, 0.2) is 0 Å². The number of anilines is 3. The Hall–Kier alpha value is -4.24. The molecule has 4 rings (SSSR count). The molecule has 0 saturated heterocycles. The molecule has 8 nitrogen and oxygen atoms in total. The molecule has 0 aliphatic heterocycles. The van der Waals surface area contributed by atoms with Crippen molar-refractivity contribution in [3.63, 3.8) is 0 Å². The van der Waals surface area contributed by atoms with Gasteiger partial charge in [-0.3, -0.25) is 0 Å². The van der Waals surface area contributed by atoms with Gasteiger partial charge in [0, 0.05) is 49.0 Å². The maximum Gasteiger partial charge on any atom is 0.328 e. The van der Waals surface area contributed by atoms with E-state index in [0.29, 0.717) is 30.5 Å². The zero-order valence-electron chi connectivity index (χ0n) is 17.8. The molecule has 0 spiro atoms. The molecule has 2 heterocycles. The number of imidazole rings is 1. The third kappa shape index (κ3) is 5.96. The number of hydrogen-bond acceptors (Lipinski definition) is 6. The van der Waals surface area contributed by atoms with E-state index in [1.165, 1.54) is 18.2 Å². The minimum Gasteiger partial charge on any atom is -0.478 e. The average Bonchev–Trinajstić information content (AvgIpc) is 3.34. The molecule has 172 valence electrons. The summed E-state index contributed by atoms with van der Waals surface area (Å²) in [5.74, 6) is -0.655. The first kappa shape index (κ1) is 22.9. The molecule has 0 aliphatic rings. The van der Waals surface area contributed by atoms with Crippen molar-refractivity contribution in [3.05, 3.63) is 89.9 Å². The van der Waals surface area contributed by atoms with Crippen molar-refractivity contribution in [2.75, 3.05) is 17.2 Å². The van der Waals surface area contributed by atoms with Crippen LogP contribution in [0.4, 0.5) is 21.8 Å². The highest BCUT2D eigenvalue weighted by Gasteiger charge is 2.11. The first-order valence-corrected chi connectivity index (χ1v) is 10.7. The van der Waals surface area contributed by atoms with Crippen LogP contribution in [0.1, 0.15) is 5.56 Å². The lowest BCUT2D eigenvalue weighted by atomic mass is 10.0. The number of carboxylic acids is 1. The highest BCUT2D eigenvalue weighted by atomic mass is 35.5. The fourth-order valence-corrected chi connectivity index (χ4v) is 3.37. The molecule has 0 saturated carbocycles. The normalized spacial score (nSPS) is 11.0. The molecule has 10 heteroatoms. The Morgan fingerprint density at radius 2 is 2.12 bits per heavy atom. The smallest absolute Gasteiger partial charge is 0.328 e. The summed E-state index contributed by atoms with van der Waals surface area (Å²) in [6.07, 6.45) is 9.58. The Bertz CT molecular complexity index is 1330. The SMILES string of the molecule is O=C(O)/C=C/c1cccc(-c2cnc(Nc3ccc(F)c(Cl)c3)nc2NCCn2ccnc2)c1. The van der Waals surface area contributed by atoms with Gasteiger partial charge in [0.05, 0.1) is 11.3 Å². The molecular weight excluding hydrogens is 459 g/mol. The summed E-state index contributed by atoms with van der Waals surface area (Å²) < 4.78 is 15.4. The minimum atomic E-state index is -1.02. The Kier molecular flexibility index (Phi) is 7.14. The van der Waals surface area contributed by atoms with Crippen molar-refractivity contribution in [2.24, 2.45) is 0 Å². The van der Waals surface area contributed by atoms with Crippen LogP contribution in [0.5, 0.6) is 0 Å². The third-order valence-electron chi connectivity index (χ3n) is 4.80. The van der Waals surface area contributed by atoms with Gasteiger partial charge in [-0.1, -0.05) is 29.8 Å². The van der Waals surface area contributed by atoms with E-state index in [2.05, 4.69) is 25.6 Å². The summed E-state index contributed by atoms with van der Waals surface area (Å²) in [7, 11) is 0. The van der Waals surface area contributed by atoms with Gasteiger partial charge in [-0.15, -0.1) is 0 Å². The van der Waals surface area contributed by atoms with Gasteiger partial charge in [0.1, 0.15) is 11.6 Å². The molecule has 0 aliphatic carbocycles. The Morgan fingerprint density at radius 1 is 1.24 bits per heavy atom. The predicted molar refractivity (Wildman–Crippen MR) is 130 cm³/mol. The number of aromatic nitrogens is 4. The lowest BCUT2D eigenvalue weighted by Gasteiger charge is -2.14. The third-order valence-corrected chi connectivity index (χ3v) is 5.09. The Balaban J connectivity index is 1.63. The molecule has 2 aromatic heterocycles. The summed E-state index contributed by atoms with van der Waals surface area (Å²) in [6.45, 7) is 1.24. The molecule has 0 fully saturated rings. The van der Waals surface area contributed by atoms with Gasteiger partial charge in [-0.2, -0.15) is 4.98 Å². The summed E-state index contributed by atoms with van der Waals surface area (Å²) >= 11 is 5.88. The minimum absolute atomic E-state index is 0.00784. The first-order valence-electron chi connectivity index (χ1n) is 10.3. The molecule has 4 aromatic rings. The second kappa shape index (κ2) is 10.6. The number of hydrogen-bond donors (Lipinski definition) is 3. The lowest BCUT2D eigenvalue weighted by Crippen LogP contribution is -2.12. The molecule has 34 heavy (non-hydrogen) atoms. The van der Waals surface area contributed by atoms with Crippen molar-refractivity contribution < 1.29 is 14.3 Å². The summed E-state index contributed by atoms with van der Waals surface area (Å²) in [6, 6.07) is 11.7. The zero-order chi connectivity index (χ0) is 23.9. The van der Waals surface area contributed by atoms with Crippen LogP contribution in [0.25, 0.3) is 17.2 Å². The van der Waals surface area contributed by atoms with Crippen molar-refractivity contribution in [1.29, 1.82) is 0 Å². The van der Waals surface area contributed by atoms with E-state index in [4.69, 9.17) is 16.7 Å². The van der Waals surface area contributed by atoms with E-state index in [-0.39, 0.29) is 5.02 Å². The second-order valence-electron chi connectivity index (χ2n) is 7.23. The number of halogens is 2. The fourth-order valence-electron chi connectivity index (χ4n) is 3.19. The van der Waals surface area contributed by atoms with Crippen molar-refractivity contribution in [1.82, 2.24) is 19.5 Å². The maximum absolute atomic E-state index is 13.5. The highest BCUT2D eigenvalue weighted by Crippen LogP contribution is 2.29. The largest absolute Gasteiger partial charge is 0.478 e. The van der Waals surface area contributed by atoms with Gasteiger partial charge in [-0.05, 0) is 41.5 Å². The van der Waals surface area contributed by atoms with E-state index < -0.39 is 11.8 Å². The molecule has 3 N–H and O–H groups in total. The summed E-state index contributed by atoms with van der Waals surface area (Å²) in [5.41, 5.74) is 2.82. The number of carbonyl (C=O) groups is 1. The molecule has 0 amide bonds. The monoisotopic (exact) mass is 478 g/mol. The van der Waals surface area contributed by atoms with Crippen LogP contribution in [0.2, 0.25) is 5.02 Å². The second-order valence-corrected chi connectivity index (χ2v) is 7.64. The fraction of sp³-hybridized carbons (Fsp3) is 0.0833. The molecule has 0 bridgehead atoms. The standard InChI is InChI=1S/C24H20ClFN6O2/c25-20-13-18(5-6-21(20)26)30-24-29-14-19(17-3-1-2-16(12-17)4-7-22(33)34)23(31-24)28-9-11-32-10-8-27-15-32/h1-8,10,12-15H,9,11H2,(H,33,34)(H2,28,29,30,31)/b7-4+. The summed E-state index contributed by atoms with van der Waals surface area (Å²) in [4.78, 5) is 23.9. The van der Waals surface area contributed by atoms with Gasteiger partial charge in [-0.25, -0.2) is 19.2 Å². The lowest BCUT2D eigenvalue weighted by molar-refractivity contribution is -0.131. The van der Waals surface area contributed by atoms with E-state index in [1.54, 1.807) is 24.8 Å². The Morgan fingerprint density at radius 3 is 2.88 bits per heavy atom.